The first-order chi connectivity index (χ1) is 21.2. The van der Waals surface area contributed by atoms with Crippen LogP contribution in [0.2, 0.25) is 10.0 Å². The molecule has 0 radical (unpaired) electrons. The first-order valence-corrected chi connectivity index (χ1v) is 15.4. The Hall–Kier alpha value is -4.18. The maximum absolute atomic E-state index is 14.0. The predicted molar refractivity (Wildman–Crippen MR) is 170 cm³/mol. The van der Waals surface area contributed by atoms with Gasteiger partial charge in [0.25, 0.3) is 5.56 Å². The average molecular weight is 652 g/mol. The van der Waals surface area contributed by atoms with Crippen LogP contribution in [0, 0.1) is 0 Å². The molecule has 3 aromatic carbocycles. The number of aromatic nitrogens is 1. The Labute approximate surface area is 267 Å². The number of thiazole rings is 1. The van der Waals surface area contributed by atoms with Gasteiger partial charge in [-0.3, -0.25) is 9.36 Å². The molecule has 0 saturated carbocycles. The lowest BCUT2D eigenvalue weighted by Gasteiger charge is -2.25. The van der Waals surface area contributed by atoms with E-state index in [0.717, 1.165) is 5.56 Å². The molecular weight excluding hydrogens is 623 g/mol. The van der Waals surface area contributed by atoms with Gasteiger partial charge >= 0.3 is 11.9 Å². The molecule has 0 aliphatic carbocycles. The second kappa shape index (κ2) is 13.6. The van der Waals surface area contributed by atoms with Crippen LogP contribution in [0.3, 0.4) is 0 Å². The van der Waals surface area contributed by atoms with Gasteiger partial charge in [-0.2, -0.15) is 0 Å². The summed E-state index contributed by atoms with van der Waals surface area (Å²) < 4.78 is 18.4. The summed E-state index contributed by atoms with van der Waals surface area (Å²) in [7, 11) is 0. The van der Waals surface area contributed by atoms with E-state index in [1.54, 1.807) is 93.6 Å². The van der Waals surface area contributed by atoms with Gasteiger partial charge in [-0.1, -0.05) is 64.9 Å². The summed E-state index contributed by atoms with van der Waals surface area (Å²) in [6.07, 6.45) is 1.70. The van der Waals surface area contributed by atoms with Crippen LogP contribution in [0.5, 0.6) is 5.75 Å². The molecule has 8 nitrogen and oxygen atoms in total. The fraction of sp³-hybridized carbons (Fsp3) is 0.212. The highest BCUT2D eigenvalue weighted by atomic mass is 35.5. The molecule has 5 rings (SSSR count). The third kappa shape index (κ3) is 6.50. The maximum Gasteiger partial charge on any atom is 0.338 e. The van der Waals surface area contributed by atoms with E-state index < -0.39 is 12.0 Å². The second-order valence-corrected chi connectivity index (χ2v) is 11.6. The summed E-state index contributed by atoms with van der Waals surface area (Å²) in [6.45, 7) is 5.87. The molecule has 1 aliphatic rings. The van der Waals surface area contributed by atoms with Crippen LogP contribution >= 0.6 is 34.5 Å². The Morgan fingerprint density at radius 3 is 2.39 bits per heavy atom. The van der Waals surface area contributed by atoms with E-state index in [2.05, 4.69) is 4.99 Å². The molecule has 1 aliphatic heterocycles. The molecule has 4 aromatic rings. The Kier molecular flexibility index (Phi) is 9.68. The number of benzene rings is 3. The van der Waals surface area contributed by atoms with Gasteiger partial charge in [0.2, 0.25) is 0 Å². The first kappa shape index (κ1) is 31.3. The van der Waals surface area contributed by atoms with Gasteiger partial charge in [-0.25, -0.2) is 14.6 Å². The minimum Gasteiger partial charge on any atom is -0.488 e. The summed E-state index contributed by atoms with van der Waals surface area (Å²) in [6, 6.07) is 18.3. The Balaban J connectivity index is 1.54. The summed E-state index contributed by atoms with van der Waals surface area (Å²) >= 11 is 14.1. The van der Waals surface area contributed by atoms with Crippen LogP contribution in [0.1, 0.15) is 53.9 Å². The first-order valence-electron chi connectivity index (χ1n) is 13.8. The zero-order valence-electron chi connectivity index (χ0n) is 24.1. The Morgan fingerprint density at radius 1 is 0.977 bits per heavy atom. The van der Waals surface area contributed by atoms with Crippen molar-refractivity contribution in [1.82, 2.24) is 4.57 Å². The number of rotatable bonds is 9. The van der Waals surface area contributed by atoms with E-state index in [1.165, 1.54) is 15.9 Å². The second-order valence-electron chi connectivity index (χ2n) is 9.71. The molecule has 1 atom stereocenters. The Morgan fingerprint density at radius 2 is 1.68 bits per heavy atom. The van der Waals surface area contributed by atoms with Crippen LogP contribution in [0.4, 0.5) is 0 Å². The number of ether oxygens (including phenoxy) is 3. The standard InChI is InChI=1S/C33H28Cl2N2O6S/c1-4-41-31(39)21-12-10-20(11-13-21)18-43-26-15-14-23(34)16-22(26)17-27-30(38)37-29(24-8-6-7-9-25(24)35)28(32(40)42-5-2)19(3)36-33(37)44-27/h6-17,29H,4-5,18H2,1-3H3/b27-17-/t29-/m1/s1. The average Bonchev–Trinajstić information content (AvgIpc) is 3.30. The zero-order chi connectivity index (χ0) is 31.4. The number of halogens is 2. The molecule has 0 amide bonds. The monoisotopic (exact) mass is 650 g/mol. The zero-order valence-corrected chi connectivity index (χ0v) is 26.5. The topological polar surface area (TPSA) is 96.2 Å². The highest BCUT2D eigenvalue weighted by Crippen LogP contribution is 2.34. The van der Waals surface area contributed by atoms with Gasteiger partial charge in [0.05, 0.1) is 34.6 Å². The lowest BCUT2D eigenvalue weighted by Crippen LogP contribution is -2.40. The van der Waals surface area contributed by atoms with Crippen LogP contribution in [0.15, 0.2) is 87.8 Å². The molecule has 1 aromatic heterocycles. The van der Waals surface area contributed by atoms with Gasteiger partial charge in [0, 0.05) is 15.6 Å². The van der Waals surface area contributed by atoms with Gasteiger partial charge in [0.1, 0.15) is 18.4 Å². The van der Waals surface area contributed by atoms with Crippen molar-refractivity contribution >= 4 is 52.6 Å². The van der Waals surface area contributed by atoms with Crippen molar-refractivity contribution in [3.8, 4) is 5.75 Å². The van der Waals surface area contributed by atoms with E-state index in [9.17, 15) is 14.4 Å². The van der Waals surface area contributed by atoms with Gasteiger partial charge in [0.15, 0.2) is 4.80 Å². The quantitative estimate of drug-likeness (QED) is 0.211. The van der Waals surface area contributed by atoms with Crippen molar-refractivity contribution in [3.63, 3.8) is 0 Å². The van der Waals surface area contributed by atoms with E-state index in [-0.39, 0.29) is 30.3 Å². The molecule has 44 heavy (non-hydrogen) atoms. The van der Waals surface area contributed by atoms with E-state index in [1.807, 2.05) is 0 Å². The lowest BCUT2D eigenvalue weighted by atomic mass is 9.96. The van der Waals surface area contributed by atoms with Gasteiger partial charge in [-0.05, 0) is 74.4 Å². The van der Waals surface area contributed by atoms with Crippen molar-refractivity contribution in [2.24, 2.45) is 4.99 Å². The molecule has 0 bridgehead atoms. The molecule has 2 heterocycles. The van der Waals surface area contributed by atoms with E-state index in [4.69, 9.17) is 37.4 Å². The number of hydrogen-bond acceptors (Lipinski definition) is 8. The number of nitrogens with zero attached hydrogens (tertiary/aromatic N) is 2. The molecule has 0 unspecified atom stereocenters. The number of hydrogen-bond donors (Lipinski definition) is 0. The molecule has 0 N–H and O–H groups in total. The third-order valence-corrected chi connectivity index (χ3v) is 8.40. The molecule has 0 fully saturated rings. The summed E-state index contributed by atoms with van der Waals surface area (Å²) in [4.78, 5) is 44.1. The predicted octanol–water partition coefficient (Wildman–Crippen LogP) is 5.86. The van der Waals surface area contributed by atoms with Gasteiger partial charge < -0.3 is 14.2 Å². The number of fused-ring (bicyclic) bond motifs is 1. The molecular formula is C33H28Cl2N2O6S. The Bertz CT molecular complexity index is 1950. The van der Waals surface area contributed by atoms with E-state index in [0.29, 0.717) is 54.1 Å². The number of allylic oxidation sites excluding steroid dienone is 1. The van der Waals surface area contributed by atoms with Crippen LogP contribution in [-0.4, -0.2) is 29.7 Å². The van der Waals surface area contributed by atoms with Gasteiger partial charge in [-0.15, -0.1) is 0 Å². The summed E-state index contributed by atoms with van der Waals surface area (Å²) in [5, 5.41) is 0.869. The van der Waals surface area contributed by atoms with Crippen molar-refractivity contribution in [3.05, 3.63) is 130 Å². The SMILES string of the molecule is CCOC(=O)C1=C(C)N=c2s/c(=C\c3cc(Cl)ccc3OCc3ccc(C(=O)OCC)cc3)c(=O)n2[C@@H]1c1ccccc1Cl. The highest BCUT2D eigenvalue weighted by Gasteiger charge is 2.34. The normalized spacial score (nSPS) is 14.6. The number of carbonyl (C=O) groups excluding carboxylic acids is 2. The van der Waals surface area contributed by atoms with Crippen LogP contribution in [-0.2, 0) is 20.9 Å². The van der Waals surface area contributed by atoms with Crippen molar-refractivity contribution in [1.29, 1.82) is 0 Å². The fourth-order valence-corrected chi connectivity index (χ4v) is 6.26. The molecule has 0 spiro atoms. The van der Waals surface area contributed by atoms with E-state index >= 15 is 0 Å². The fourth-order valence-electron chi connectivity index (χ4n) is 4.80. The minimum atomic E-state index is -0.825. The summed E-state index contributed by atoms with van der Waals surface area (Å²) in [5.74, 6) is -0.447. The molecule has 0 saturated heterocycles. The molecule has 226 valence electrons. The third-order valence-electron chi connectivity index (χ3n) is 6.83. The number of carbonyl (C=O) groups is 2. The maximum atomic E-state index is 14.0. The lowest BCUT2D eigenvalue weighted by molar-refractivity contribution is -0.139. The largest absolute Gasteiger partial charge is 0.488 e. The van der Waals surface area contributed by atoms with Crippen molar-refractivity contribution in [2.45, 2.75) is 33.4 Å². The molecule has 11 heteroatoms. The number of esters is 2. The summed E-state index contributed by atoms with van der Waals surface area (Å²) in [5.41, 5.74) is 2.80. The minimum absolute atomic E-state index is 0.169. The van der Waals surface area contributed by atoms with Crippen LogP contribution in [0.25, 0.3) is 6.08 Å². The highest BCUT2D eigenvalue weighted by molar-refractivity contribution is 7.07. The smallest absolute Gasteiger partial charge is 0.338 e. The van der Waals surface area contributed by atoms with Crippen molar-refractivity contribution in [2.75, 3.05) is 13.2 Å². The van der Waals surface area contributed by atoms with Crippen LogP contribution < -0.4 is 19.6 Å². The van der Waals surface area contributed by atoms with Crippen molar-refractivity contribution < 1.29 is 23.8 Å².